The van der Waals surface area contributed by atoms with Crippen molar-refractivity contribution in [2.45, 2.75) is 64.6 Å². The first kappa shape index (κ1) is 23.1. The number of ether oxygens (including phenoxy) is 1. The van der Waals surface area contributed by atoms with Gasteiger partial charge < -0.3 is 15.0 Å². The standard InChI is InChI=1S/C24H34N4O3/c1-24(2,3)31-23(30)28-13-4-6-20(16-28)22(29)26-21-7-5-12-27(17-21)15-19-10-8-18(14-25)9-11-19/h8-11,20-21H,4-7,12-13,15-17H2,1-3H3,(H,26,29)/t20-,21-/m0/s1. The van der Waals surface area contributed by atoms with Gasteiger partial charge in [-0.05, 0) is 70.7 Å². The van der Waals surface area contributed by atoms with Gasteiger partial charge in [-0.15, -0.1) is 0 Å². The summed E-state index contributed by atoms with van der Waals surface area (Å²) in [6.45, 7) is 9.25. The Balaban J connectivity index is 1.50. The van der Waals surface area contributed by atoms with E-state index in [0.717, 1.165) is 45.3 Å². The van der Waals surface area contributed by atoms with E-state index in [4.69, 9.17) is 10.00 Å². The SMILES string of the molecule is CC(C)(C)OC(=O)N1CCC[C@H](C(=O)N[C@H]2CCCN(Cc3ccc(C#N)cc3)C2)C1. The molecule has 2 atom stereocenters. The van der Waals surface area contributed by atoms with Crippen LogP contribution in [0, 0.1) is 17.2 Å². The highest BCUT2D eigenvalue weighted by atomic mass is 16.6. The van der Waals surface area contributed by atoms with E-state index in [-0.39, 0.29) is 24.0 Å². The second-order valence-electron chi connectivity index (χ2n) is 9.66. The molecule has 0 unspecified atom stereocenters. The number of carbonyl (C=O) groups excluding carboxylic acids is 2. The molecule has 168 valence electrons. The summed E-state index contributed by atoms with van der Waals surface area (Å²) in [5.74, 6) is -0.145. The quantitative estimate of drug-likeness (QED) is 0.799. The van der Waals surface area contributed by atoms with Gasteiger partial charge >= 0.3 is 6.09 Å². The molecule has 2 fully saturated rings. The van der Waals surface area contributed by atoms with Crippen LogP contribution in [0.3, 0.4) is 0 Å². The number of piperidine rings is 2. The molecule has 0 saturated carbocycles. The summed E-state index contributed by atoms with van der Waals surface area (Å²) in [7, 11) is 0. The van der Waals surface area contributed by atoms with Crippen LogP contribution < -0.4 is 5.32 Å². The highest BCUT2D eigenvalue weighted by Gasteiger charge is 2.32. The molecule has 7 nitrogen and oxygen atoms in total. The van der Waals surface area contributed by atoms with Crippen molar-refractivity contribution in [2.75, 3.05) is 26.2 Å². The van der Waals surface area contributed by atoms with Crippen LogP contribution in [0.15, 0.2) is 24.3 Å². The smallest absolute Gasteiger partial charge is 0.410 e. The number of amides is 2. The fourth-order valence-electron chi connectivity index (χ4n) is 4.26. The van der Waals surface area contributed by atoms with Crippen LogP contribution in [0.5, 0.6) is 0 Å². The Morgan fingerprint density at radius 1 is 1.13 bits per heavy atom. The van der Waals surface area contributed by atoms with Crippen LogP contribution in [-0.4, -0.2) is 59.6 Å². The number of hydrogen-bond acceptors (Lipinski definition) is 5. The van der Waals surface area contributed by atoms with Gasteiger partial charge in [-0.1, -0.05) is 12.1 Å². The van der Waals surface area contributed by atoms with Gasteiger partial charge in [-0.3, -0.25) is 9.69 Å². The first-order valence-corrected chi connectivity index (χ1v) is 11.2. The van der Waals surface area contributed by atoms with Crippen molar-refractivity contribution in [3.8, 4) is 6.07 Å². The van der Waals surface area contributed by atoms with Gasteiger partial charge in [0.25, 0.3) is 0 Å². The molecule has 3 rings (SSSR count). The number of hydrogen-bond donors (Lipinski definition) is 1. The average molecular weight is 427 g/mol. The average Bonchev–Trinajstić information content (AvgIpc) is 2.73. The maximum atomic E-state index is 12.9. The third-order valence-corrected chi connectivity index (χ3v) is 5.78. The Hall–Kier alpha value is -2.59. The molecule has 0 bridgehead atoms. The lowest BCUT2D eigenvalue weighted by Crippen LogP contribution is -2.52. The van der Waals surface area contributed by atoms with E-state index in [1.807, 2.05) is 45.0 Å². The van der Waals surface area contributed by atoms with Gasteiger partial charge in [-0.2, -0.15) is 5.26 Å². The second kappa shape index (κ2) is 10.1. The summed E-state index contributed by atoms with van der Waals surface area (Å²) in [5.41, 5.74) is 1.30. The number of nitrogens with zero attached hydrogens (tertiary/aromatic N) is 3. The summed E-state index contributed by atoms with van der Waals surface area (Å²) in [5, 5.41) is 12.2. The van der Waals surface area contributed by atoms with Crippen molar-refractivity contribution >= 4 is 12.0 Å². The van der Waals surface area contributed by atoms with Crippen LogP contribution in [-0.2, 0) is 16.1 Å². The number of likely N-dealkylation sites (tertiary alicyclic amines) is 2. The van der Waals surface area contributed by atoms with E-state index < -0.39 is 5.60 Å². The summed E-state index contributed by atoms with van der Waals surface area (Å²) >= 11 is 0. The Bertz CT molecular complexity index is 810. The minimum absolute atomic E-state index is 0.0403. The molecule has 0 radical (unpaired) electrons. The van der Waals surface area contributed by atoms with Crippen molar-refractivity contribution < 1.29 is 14.3 Å². The number of rotatable bonds is 4. The zero-order valence-corrected chi connectivity index (χ0v) is 18.9. The van der Waals surface area contributed by atoms with Crippen molar-refractivity contribution in [1.82, 2.24) is 15.1 Å². The Labute approximate surface area is 185 Å². The van der Waals surface area contributed by atoms with E-state index >= 15 is 0 Å². The number of nitrogens with one attached hydrogen (secondary N) is 1. The van der Waals surface area contributed by atoms with Crippen molar-refractivity contribution in [3.05, 3.63) is 35.4 Å². The van der Waals surface area contributed by atoms with Gasteiger partial charge in [0.2, 0.25) is 5.91 Å². The van der Waals surface area contributed by atoms with Crippen LogP contribution in [0.2, 0.25) is 0 Å². The van der Waals surface area contributed by atoms with Gasteiger partial charge in [-0.25, -0.2) is 4.79 Å². The molecule has 2 aliphatic heterocycles. The fraction of sp³-hybridized carbons (Fsp3) is 0.625. The van der Waals surface area contributed by atoms with Gasteiger partial charge in [0.05, 0.1) is 17.6 Å². The van der Waals surface area contributed by atoms with Crippen LogP contribution in [0.25, 0.3) is 0 Å². The molecule has 1 aromatic carbocycles. The van der Waals surface area contributed by atoms with Crippen molar-refractivity contribution in [2.24, 2.45) is 5.92 Å². The molecule has 0 spiro atoms. The molecule has 2 amide bonds. The molecule has 2 saturated heterocycles. The highest BCUT2D eigenvalue weighted by Crippen LogP contribution is 2.21. The monoisotopic (exact) mass is 426 g/mol. The topological polar surface area (TPSA) is 85.7 Å². The van der Waals surface area contributed by atoms with Crippen molar-refractivity contribution in [1.29, 1.82) is 5.26 Å². The normalized spacial score (nSPS) is 22.5. The third-order valence-electron chi connectivity index (χ3n) is 5.78. The molecule has 2 aliphatic rings. The highest BCUT2D eigenvalue weighted by molar-refractivity contribution is 5.80. The molecule has 0 aromatic heterocycles. The maximum absolute atomic E-state index is 12.9. The van der Waals surface area contributed by atoms with E-state index in [1.165, 1.54) is 5.56 Å². The second-order valence-corrected chi connectivity index (χ2v) is 9.66. The summed E-state index contributed by atoms with van der Waals surface area (Å²) < 4.78 is 5.47. The van der Waals surface area contributed by atoms with Gasteiger partial charge in [0, 0.05) is 32.2 Å². The van der Waals surface area contributed by atoms with Gasteiger partial charge in [0.1, 0.15) is 5.60 Å². The first-order valence-electron chi connectivity index (χ1n) is 11.2. The molecule has 2 heterocycles. The fourth-order valence-corrected chi connectivity index (χ4v) is 4.26. The molecule has 0 aliphatic carbocycles. The zero-order valence-electron chi connectivity index (χ0n) is 18.9. The lowest BCUT2D eigenvalue weighted by Gasteiger charge is -2.36. The molecule has 1 N–H and O–H groups in total. The summed E-state index contributed by atoms with van der Waals surface area (Å²) in [6.07, 6.45) is 3.28. The zero-order chi connectivity index (χ0) is 22.4. The predicted molar refractivity (Wildman–Crippen MR) is 118 cm³/mol. The maximum Gasteiger partial charge on any atom is 0.410 e. The molecule has 31 heavy (non-hydrogen) atoms. The van der Waals surface area contributed by atoms with E-state index in [0.29, 0.717) is 18.7 Å². The van der Waals surface area contributed by atoms with Crippen LogP contribution in [0.1, 0.15) is 57.6 Å². The Kier molecular flexibility index (Phi) is 7.55. The van der Waals surface area contributed by atoms with Gasteiger partial charge in [0.15, 0.2) is 0 Å². The lowest BCUT2D eigenvalue weighted by atomic mass is 9.96. The lowest BCUT2D eigenvalue weighted by molar-refractivity contribution is -0.127. The summed E-state index contributed by atoms with van der Waals surface area (Å²) in [6, 6.07) is 9.95. The third kappa shape index (κ3) is 6.96. The predicted octanol–water partition coefficient (Wildman–Crippen LogP) is 3.29. The minimum Gasteiger partial charge on any atom is -0.444 e. The Morgan fingerprint density at radius 3 is 2.52 bits per heavy atom. The number of carbonyl (C=O) groups is 2. The first-order chi connectivity index (χ1) is 14.7. The number of nitriles is 1. The van der Waals surface area contributed by atoms with E-state index in [9.17, 15) is 9.59 Å². The Morgan fingerprint density at radius 2 is 1.84 bits per heavy atom. The molecule has 1 aromatic rings. The van der Waals surface area contributed by atoms with Crippen LogP contribution in [0.4, 0.5) is 4.79 Å². The largest absolute Gasteiger partial charge is 0.444 e. The summed E-state index contributed by atoms with van der Waals surface area (Å²) in [4.78, 5) is 29.3. The molecule has 7 heteroatoms. The van der Waals surface area contributed by atoms with E-state index in [1.54, 1.807) is 4.90 Å². The van der Waals surface area contributed by atoms with E-state index in [2.05, 4.69) is 16.3 Å². The molecular formula is C24H34N4O3. The number of benzene rings is 1. The van der Waals surface area contributed by atoms with Crippen molar-refractivity contribution in [3.63, 3.8) is 0 Å². The molecular weight excluding hydrogens is 392 g/mol. The minimum atomic E-state index is -0.535. The van der Waals surface area contributed by atoms with Crippen LogP contribution >= 0.6 is 0 Å².